The van der Waals surface area contributed by atoms with Crippen LogP contribution in [0.4, 0.5) is 0 Å². The Labute approximate surface area is 88.2 Å². The zero-order chi connectivity index (χ0) is 11.4. The second kappa shape index (κ2) is 11.9. The predicted molar refractivity (Wildman–Crippen MR) is 63.3 cm³/mol. The van der Waals surface area contributed by atoms with Gasteiger partial charge in [0, 0.05) is 5.92 Å². The molecule has 0 heterocycles. The summed E-state index contributed by atoms with van der Waals surface area (Å²) in [5, 5.41) is 0. The highest BCUT2D eigenvalue weighted by Gasteiger charge is 1.95. The molecule has 0 bridgehead atoms. The number of Topliss-reactive ketones (excluding diaryl/α,β-unsaturated/α-hetero) is 1. The van der Waals surface area contributed by atoms with Crippen LogP contribution in [0.3, 0.4) is 0 Å². The molecule has 1 heteroatoms. The molecule has 0 radical (unpaired) electrons. The van der Waals surface area contributed by atoms with E-state index in [2.05, 4.69) is 0 Å². The quantitative estimate of drug-likeness (QED) is 0.661. The lowest BCUT2D eigenvalue weighted by molar-refractivity contribution is -0.119. The first-order valence-electron chi connectivity index (χ1n) is 5.15. The molecule has 0 N–H and O–H groups in total. The van der Waals surface area contributed by atoms with Crippen molar-refractivity contribution in [3.05, 3.63) is 36.4 Å². The van der Waals surface area contributed by atoms with Gasteiger partial charge in [0.2, 0.25) is 0 Å². The third kappa shape index (κ3) is 13.5. The zero-order valence-corrected chi connectivity index (χ0v) is 9.95. The highest BCUT2D eigenvalue weighted by atomic mass is 16.1. The molecule has 0 fully saturated rings. The van der Waals surface area contributed by atoms with Crippen molar-refractivity contribution < 1.29 is 4.79 Å². The second-order valence-corrected chi connectivity index (χ2v) is 2.92. The number of carbonyl (C=O) groups is 1. The van der Waals surface area contributed by atoms with Crippen LogP contribution in [0.5, 0.6) is 0 Å². The smallest absolute Gasteiger partial charge is 0.132 e. The Morgan fingerprint density at radius 1 is 0.857 bits per heavy atom. The molecule has 1 aromatic carbocycles. The van der Waals surface area contributed by atoms with Crippen molar-refractivity contribution in [1.82, 2.24) is 0 Å². The number of hydrogen-bond acceptors (Lipinski definition) is 1. The average molecular weight is 194 g/mol. The van der Waals surface area contributed by atoms with E-state index in [0.717, 1.165) is 0 Å². The highest BCUT2D eigenvalue weighted by Crippen LogP contribution is 1.89. The molecule has 0 spiro atoms. The summed E-state index contributed by atoms with van der Waals surface area (Å²) in [5.41, 5.74) is 0. The van der Waals surface area contributed by atoms with Crippen molar-refractivity contribution in [3.8, 4) is 0 Å². The molecule has 0 aliphatic heterocycles. The highest BCUT2D eigenvalue weighted by molar-refractivity contribution is 5.77. The molecule has 14 heavy (non-hydrogen) atoms. The van der Waals surface area contributed by atoms with E-state index in [1.54, 1.807) is 6.92 Å². The maximum Gasteiger partial charge on any atom is 0.132 e. The molecule has 1 rings (SSSR count). The second-order valence-electron chi connectivity index (χ2n) is 2.92. The van der Waals surface area contributed by atoms with Gasteiger partial charge in [0.25, 0.3) is 0 Å². The molecular weight excluding hydrogens is 172 g/mol. The Balaban J connectivity index is 0. The minimum Gasteiger partial charge on any atom is -0.300 e. The van der Waals surface area contributed by atoms with E-state index in [9.17, 15) is 4.79 Å². The van der Waals surface area contributed by atoms with Gasteiger partial charge in [0.1, 0.15) is 5.78 Å². The summed E-state index contributed by atoms with van der Waals surface area (Å²) in [6.45, 7) is 9.38. The van der Waals surface area contributed by atoms with Crippen LogP contribution >= 0.6 is 0 Å². The fraction of sp³-hybridized carbons (Fsp3) is 0.462. The summed E-state index contributed by atoms with van der Waals surface area (Å²) in [7, 11) is 0. The van der Waals surface area contributed by atoms with Crippen LogP contribution < -0.4 is 0 Å². The number of hydrogen-bond donors (Lipinski definition) is 0. The van der Waals surface area contributed by atoms with Crippen LogP contribution in [-0.4, -0.2) is 5.78 Å². The van der Waals surface area contributed by atoms with E-state index >= 15 is 0 Å². The number of benzene rings is 1. The van der Waals surface area contributed by atoms with E-state index in [1.165, 1.54) is 0 Å². The Bertz CT molecular complexity index is 175. The molecule has 80 valence electrons. The van der Waals surface area contributed by atoms with Gasteiger partial charge in [-0.25, -0.2) is 0 Å². The van der Waals surface area contributed by atoms with Crippen LogP contribution in [0.1, 0.15) is 34.6 Å². The predicted octanol–water partition coefficient (Wildman–Crippen LogP) is 3.94. The van der Waals surface area contributed by atoms with Gasteiger partial charge in [-0.2, -0.15) is 0 Å². The standard InChI is InChI=1S/C6H6.C5H10O.C2H6/c1-2-4-6-5-3-1;1-4(2)5(3)6;1-2/h1-6H;4H,1-3H3;1-2H3. The van der Waals surface area contributed by atoms with E-state index in [4.69, 9.17) is 0 Å². The van der Waals surface area contributed by atoms with Gasteiger partial charge < -0.3 is 0 Å². The molecule has 0 unspecified atom stereocenters. The topological polar surface area (TPSA) is 17.1 Å². The van der Waals surface area contributed by atoms with Crippen LogP contribution in [0, 0.1) is 5.92 Å². The Kier molecular flexibility index (Phi) is 13.1. The molecule has 0 saturated carbocycles. The SMILES string of the molecule is CC.CC(=O)C(C)C.c1ccccc1. The van der Waals surface area contributed by atoms with Gasteiger partial charge in [-0.15, -0.1) is 0 Å². The zero-order valence-electron chi connectivity index (χ0n) is 9.95. The molecule has 1 nitrogen and oxygen atoms in total. The Morgan fingerprint density at radius 2 is 1.00 bits per heavy atom. The molecular formula is C13H22O. The van der Waals surface area contributed by atoms with Crippen molar-refractivity contribution in [3.63, 3.8) is 0 Å². The molecule has 0 amide bonds. The lowest BCUT2D eigenvalue weighted by atomic mass is 10.1. The van der Waals surface area contributed by atoms with Crippen molar-refractivity contribution >= 4 is 5.78 Å². The number of ketones is 1. The first kappa shape index (κ1) is 15.4. The lowest BCUT2D eigenvalue weighted by Crippen LogP contribution is -1.98. The third-order valence-electron chi connectivity index (χ3n) is 1.48. The summed E-state index contributed by atoms with van der Waals surface area (Å²) in [6.07, 6.45) is 0. The van der Waals surface area contributed by atoms with Crippen molar-refractivity contribution in [2.24, 2.45) is 5.92 Å². The summed E-state index contributed by atoms with van der Waals surface area (Å²) in [4.78, 5) is 10.1. The summed E-state index contributed by atoms with van der Waals surface area (Å²) in [6, 6.07) is 12.0. The van der Waals surface area contributed by atoms with Crippen molar-refractivity contribution in [1.29, 1.82) is 0 Å². The van der Waals surface area contributed by atoms with E-state index < -0.39 is 0 Å². The molecule has 0 aliphatic rings. The molecule has 0 aromatic heterocycles. The normalized spacial score (nSPS) is 7.86. The van der Waals surface area contributed by atoms with Crippen molar-refractivity contribution in [2.45, 2.75) is 34.6 Å². The van der Waals surface area contributed by atoms with Gasteiger partial charge in [-0.1, -0.05) is 64.1 Å². The van der Waals surface area contributed by atoms with E-state index in [-0.39, 0.29) is 11.7 Å². The number of rotatable bonds is 1. The van der Waals surface area contributed by atoms with Gasteiger partial charge in [0.05, 0.1) is 0 Å². The Hall–Kier alpha value is -1.11. The van der Waals surface area contributed by atoms with Crippen LogP contribution in [0.15, 0.2) is 36.4 Å². The van der Waals surface area contributed by atoms with E-state index in [0.29, 0.717) is 0 Å². The number of carbonyl (C=O) groups excluding carboxylic acids is 1. The summed E-state index contributed by atoms with van der Waals surface area (Å²) in [5.74, 6) is 0.472. The van der Waals surface area contributed by atoms with Crippen LogP contribution in [-0.2, 0) is 4.79 Å². The minimum atomic E-state index is 0.213. The summed E-state index contributed by atoms with van der Waals surface area (Å²) < 4.78 is 0. The molecule has 0 atom stereocenters. The average Bonchev–Trinajstić information content (AvgIpc) is 2.24. The summed E-state index contributed by atoms with van der Waals surface area (Å²) >= 11 is 0. The maximum atomic E-state index is 10.1. The first-order valence-corrected chi connectivity index (χ1v) is 5.15. The van der Waals surface area contributed by atoms with E-state index in [1.807, 2.05) is 64.1 Å². The largest absolute Gasteiger partial charge is 0.300 e. The fourth-order valence-electron chi connectivity index (χ4n) is 0.385. The first-order chi connectivity index (χ1) is 6.64. The van der Waals surface area contributed by atoms with Crippen molar-refractivity contribution in [2.75, 3.05) is 0 Å². The minimum absolute atomic E-state index is 0.213. The monoisotopic (exact) mass is 194 g/mol. The van der Waals surface area contributed by atoms with Crippen LogP contribution in [0.2, 0.25) is 0 Å². The molecule has 0 saturated heterocycles. The van der Waals surface area contributed by atoms with Gasteiger partial charge in [-0.3, -0.25) is 4.79 Å². The molecule has 0 aliphatic carbocycles. The van der Waals surface area contributed by atoms with Crippen LogP contribution in [0.25, 0.3) is 0 Å². The van der Waals surface area contributed by atoms with Gasteiger partial charge in [0.15, 0.2) is 0 Å². The maximum absolute atomic E-state index is 10.1. The molecule has 1 aromatic rings. The van der Waals surface area contributed by atoms with Gasteiger partial charge in [-0.05, 0) is 6.92 Å². The Morgan fingerprint density at radius 3 is 1.07 bits per heavy atom. The third-order valence-corrected chi connectivity index (χ3v) is 1.48. The van der Waals surface area contributed by atoms with Gasteiger partial charge >= 0.3 is 0 Å². The fourth-order valence-corrected chi connectivity index (χ4v) is 0.385. The lowest BCUT2D eigenvalue weighted by Gasteiger charge is -1.90.